The molecule has 1 aromatic heterocycles. The first-order chi connectivity index (χ1) is 15.2. The average molecular weight is 464 g/mol. The molecule has 0 radical (unpaired) electrons. The lowest BCUT2D eigenvalue weighted by atomic mass is 10.0. The first-order valence-electron chi connectivity index (χ1n) is 10.1. The van der Waals surface area contributed by atoms with Gasteiger partial charge < -0.3 is 37.5 Å². The van der Waals surface area contributed by atoms with E-state index in [1.807, 2.05) is 24.3 Å². The summed E-state index contributed by atoms with van der Waals surface area (Å²) in [5.74, 6) is -2.67. The number of carboxylic acid groups (broad SMARTS) is 1. The van der Waals surface area contributed by atoms with Crippen LogP contribution in [0.4, 0.5) is 0 Å². The Morgan fingerprint density at radius 1 is 1.16 bits per heavy atom. The van der Waals surface area contributed by atoms with Gasteiger partial charge in [0.2, 0.25) is 11.8 Å². The van der Waals surface area contributed by atoms with E-state index >= 15 is 0 Å². The highest BCUT2D eigenvalue weighted by Gasteiger charge is 2.28. The van der Waals surface area contributed by atoms with Crippen molar-refractivity contribution in [2.24, 2.45) is 11.5 Å². The summed E-state index contributed by atoms with van der Waals surface area (Å²) in [6, 6.07) is 4.39. The highest BCUT2D eigenvalue weighted by atomic mass is 32.1. The van der Waals surface area contributed by atoms with Gasteiger partial charge in [-0.25, -0.2) is 4.79 Å². The minimum atomic E-state index is -1.22. The molecule has 174 valence electrons. The number of aliphatic carboxylic acids is 1. The molecule has 0 aliphatic heterocycles. The van der Waals surface area contributed by atoms with Crippen LogP contribution < -0.4 is 27.4 Å². The molecule has 10 N–H and O–H groups in total. The number of H-pyrrole nitrogens is 1. The van der Waals surface area contributed by atoms with Crippen LogP contribution in [-0.2, 0) is 20.8 Å². The van der Waals surface area contributed by atoms with Gasteiger partial charge in [-0.3, -0.25) is 15.0 Å². The normalized spacial score (nSPS) is 13.7. The predicted molar refractivity (Wildman–Crippen MR) is 124 cm³/mol. The SMILES string of the molecule is N=C(N)NCCC[C@H](N)C(=O)N[C@@H](Cc1c[nH]c2ccccc12)C(=O)N[C@H](CS)C(=O)O. The molecule has 0 bridgehead atoms. The van der Waals surface area contributed by atoms with Crippen LogP contribution in [-0.4, -0.2) is 64.3 Å². The zero-order chi connectivity index (χ0) is 23.7. The number of para-hydroxylation sites is 1. The first kappa shape index (κ1) is 25.0. The number of amides is 2. The van der Waals surface area contributed by atoms with Crippen LogP contribution in [0, 0.1) is 5.41 Å². The van der Waals surface area contributed by atoms with Gasteiger partial charge in [0.05, 0.1) is 6.04 Å². The number of benzene rings is 1. The number of carbonyl (C=O) groups is 3. The maximum absolute atomic E-state index is 12.9. The fourth-order valence-electron chi connectivity index (χ4n) is 3.14. The molecule has 11 nitrogen and oxygen atoms in total. The van der Waals surface area contributed by atoms with Crippen LogP contribution in [0.2, 0.25) is 0 Å². The lowest BCUT2D eigenvalue weighted by Gasteiger charge is -2.22. The predicted octanol–water partition coefficient (Wildman–Crippen LogP) is -0.715. The van der Waals surface area contributed by atoms with Crippen LogP contribution in [0.25, 0.3) is 10.9 Å². The van der Waals surface area contributed by atoms with E-state index in [1.165, 1.54) is 0 Å². The van der Waals surface area contributed by atoms with Gasteiger partial charge in [0, 0.05) is 35.8 Å². The second-order valence-corrected chi connectivity index (χ2v) is 7.66. The van der Waals surface area contributed by atoms with Gasteiger partial charge in [0.25, 0.3) is 0 Å². The van der Waals surface area contributed by atoms with Crippen molar-refractivity contribution in [1.82, 2.24) is 20.9 Å². The molecule has 0 unspecified atom stereocenters. The standard InChI is InChI=1S/C20H29N7O4S/c21-13(5-3-7-24-20(22)23)17(28)26-15(18(29)27-16(10-32)19(30)31)8-11-9-25-14-6-2-1-4-12(11)14/h1-2,4,6,9,13,15-16,25,32H,3,5,7-8,10,21H2,(H,26,28)(H,27,29)(H,30,31)(H4,22,23,24)/t13-,15-,16+/m0/s1. The van der Waals surface area contributed by atoms with Crippen molar-refractivity contribution in [2.45, 2.75) is 37.4 Å². The maximum Gasteiger partial charge on any atom is 0.327 e. The van der Waals surface area contributed by atoms with Crippen molar-refractivity contribution < 1.29 is 19.5 Å². The molecule has 12 heteroatoms. The third kappa shape index (κ3) is 7.17. The molecule has 0 saturated carbocycles. The number of thiol groups is 1. The lowest BCUT2D eigenvalue weighted by Crippen LogP contribution is -2.55. The van der Waals surface area contributed by atoms with Crippen molar-refractivity contribution >= 4 is 47.3 Å². The Balaban J connectivity index is 2.12. The Morgan fingerprint density at radius 2 is 1.84 bits per heavy atom. The number of hydrogen-bond acceptors (Lipinski definition) is 6. The fraction of sp³-hybridized carbons (Fsp3) is 0.400. The average Bonchev–Trinajstić information content (AvgIpc) is 3.16. The number of aromatic amines is 1. The van der Waals surface area contributed by atoms with Crippen molar-refractivity contribution in [1.29, 1.82) is 5.41 Å². The van der Waals surface area contributed by atoms with Gasteiger partial charge >= 0.3 is 5.97 Å². The van der Waals surface area contributed by atoms with E-state index in [-0.39, 0.29) is 18.1 Å². The van der Waals surface area contributed by atoms with Crippen molar-refractivity contribution in [2.75, 3.05) is 12.3 Å². The summed E-state index contributed by atoms with van der Waals surface area (Å²) in [6.07, 6.45) is 2.69. The summed E-state index contributed by atoms with van der Waals surface area (Å²) in [6.45, 7) is 0.387. The van der Waals surface area contributed by atoms with Gasteiger partial charge in [0.15, 0.2) is 5.96 Å². The van der Waals surface area contributed by atoms with Crippen LogP contribution in [0.5, 0.6) is 0 Å². The Morgan fingerprint density at radius 3 is 2.50 bits per heavy atom. The molecular formula is C20H29N7O4S. The van der Waals surface area contributed by atoms with E-state index in [9.17, 15) is 19.5 Å². The Hall–Kier alpha value is -3.25. The molecular weight excluding hydrogens is 434 g/mol. The van der Waals surface area contributed by atoms with E-state index in [0.717, 1.165) is 16.5 Å². The summed E-state index contributed by atoms with van der Waals surface area (Å²) in [5, 5.41) is 24.9. The monoisotopic (exact) mass is 463 g/mol. The summed E-state index contributed by atoms with van der Waals surface area (Å²) < 4.78 is 0. The molecule has 0 aliphatic rings. The molecule has 1 heterocycles. The van der Waals surface area contributed by atoms with E-state index in [1.54, 1.807) is 6.20 Å². The van der Waals surface area contributed by atoms with E-state index in [4.69, 9.17) is 16.9 Å². The van der Waals surface area contributed by atoms with Crippen molar-refractivity contribution in [3.8, 4) is 0 Å². The second kappa shape index (κ2) is 12.0. The Labute approximate surface area is 190 Å². The number of carbonyl (C=O) groups excluding carboxylic acids is 2. The van der Waals surface area contributed by atoms with Crippen LogP contribution in [0.15, 0.2) is 30.5 Å². The topological polar surface area (TPSA) is 199 Å². The molecule has 3 atom stereocenters. The van der Waals surface area contributed by atoms with Gasteiger partial charge in [-0.1, -0.05) is 18.2 Å². The lowest BCUT2D eigenvalue weighted by molar-refractivity contribution is -0.141. The van der Waals surface area contributed by atoms with Crippen molar-refractivity contribution in [3.05, 3.63) is 36.0 Å². The minimum Gasteiger partial charge on any atom is -0.480 e. The smallest absolute Gasteiger partial charge is 0.327 e. The second-order valence-electron chi connectivity index (χ2n) is 7.30. The highest BCUT2D eigenvalue weighted by molar-refractivity contribution is 7.80. The Bertz CT molecular complexity index is 964. The first-order valence-corrected chi connectivity index (χ1v) is 10.7. The minimum absolute atomic E-state index is 0.0997. The maximum atomic E-state index is 12.9. The molecule has 0 spiro atoms. The van der Waals surface area contributed by atoms with Crippen LogP contribution in [0.3, 0.4) is 0 Å². The number of hydrogen-bond donors (Lipinski definition) is 9. The Kier molecular flexibility index (Phi) is 9.35. The van der Waals surface area contributed by atoms with Gasteiger partial charge in [-0.2, -0.15) is 12.6 Å². The quantitative estimate of drug-likeness (QED) is 0.0856. The van der Waals surface area contributed by atoms with Crippen LogP contribution in [0.1, 0.15) is 18.4 Å². The zero-order valence-electron chi connectivity index (χ0n) is 17.4. The largest absolute Gasteiger partial charge is 0.480 e. The third-order valence-electron chi connectivity index (χ3n) is 4.87. The van der Waals surface area contributed by atoms with E-state index in [2.05, 4.69) is 33.6 Å². The van der Waals surface area contributed by atoms with Crippen LogP contribution >= 0.6 is 12.6 Å². The zero-order valence-corrected chi connectivity index (χ0v) is 18.3. The third-order valence-corrected chi connectivity index (χ3v) is 5.24. The number of fused-ring (bicyclic) bond motifs is 1. The van der Waals surface area contributed by atoms with Gasteiger partial charge in [-0.05, 0) is 24.5 Å². The van der Waals surface area contributed by atoms with Crippen molar-refractivity contribution in [3.63, 3.8) is 0 Å². The molecule has 2 rings (SSSR count). The molecule has 2 aromatic rings. The number of nitrogens with one attached hydrogen (secondary N) is 5. The number of aromatic nitrogens is 1. The van der Waals surface area contributed by atoms with E-state index in [0.29, 0.717) is 19.4 Å². The summed E-state index contributed by atoms with van der Waals surface area (Å²) in [5.41, 5.74) is 12.8. The molecule has 1 aromatic carbocycles. The van der Waals surface area contributed by atoms with E-state index < -0.39 is 35.9 Å². The summed E-state index contributed by atoms with van der Waals surface area (Å²) in [7, 11) is 0. The number of guanidine groups is 1. The summed E-state index contributed by atoms with van der Waals surface area (Å²) in [4.78, 5) is 39.9. The molecule has 32 heavy (non-hydrogen) atoms. The fourth-order valence-corrected chi connectivity index (χ4v) is 3.39. The van der Waals surface area contributed by atoms with Gasteiger partial charge in [-0.15, -0.1) is 0 Å². The number of rotatable bonds is 12. The molecule has 0 saturated heterocycles. The molecule has 0 aliphatic carbocycles. The number of carboxylic acids is 1. The van der Waals surface area contributed by atoms with Gasteiger partial charge in [0.1, 0.15) is 12.1 Å². The summed E-state index contributed by atoms with van der Waals surface area (Å²) >= 11 is 3.96. The molecule has 2 amide bonds. The number of nitrogens with two attached hydrogens (primary N) is 2. The highest BCUT2D eigenvalue weighted by Crippen LogP contribution is 2.19. The molecule has 0 fully saturated rings.